The van der Waals surface area contributed by atoms with E-state index in [1.54, 1.807) is 0 Å². The first-order chi connectivity index (χ1) is 7.37. The van der Waals surface area contributed by atoms with Gasteiger partial charge in [0.2, 0.25) is 0 Å². The van der Waals surface area contributed by atoms with Gasteiger partial charge in [0.25, 0.3) is 0 Å². The molecule has 2 aliphatic carbocycles. The predicted molar refractivity (Wildman–Crippen MR) is 60.8 cm³/mol. The highest BCUT2D eigenvalue weighted by Gasteiger charge is 2.47. The van der Waals surface area contributed by atoms with E-state index in [1.807, 2.05) is 20.8 Å². The zero-order valence-electron chi connectivity index (χ0n) is 10.4. The van der Waals surface area contributed by atoms with Crippen LogP contribution in [0.1, 0.15) is 46.5 Å². The Hall–Kier alpha value is -0.570. The normalized spacial score (nSPS) is 38.5. The van der Waals surface area contributed by atoms with Crippen LogP contribution in [0.25, 0.3) is 0 Å². The molecule has 0 aromatic heterocycles. The number of aliphatic hydroxyl groups is 1. The summed E-state index contributed by atoms with van der Waals surface area (Å²) in [6, 6.07) is 0. The lowest BCUT2D eigenvalue weighted by Crippen LogP contribution is -2.38. The van der Waals surface area contributed by atoms with Gasteiger partial charge in [-0.05, 0) is 58.3 Å². The molecule has 1 N–H and O–H groups in total. The fourth-order valence-corrected chi connectivity index (χ4v) is 3.25. The van der Waals surface area contributed by atoms with Crippen LogP contribution in [-0.2, 0) is 9.53 Å². The van der Waals surface area contributed by atoms with Crippen molar-refractivity contribution in [1.82, 2.24) is 0 Å². The van der Waals surface area contributed by atoms with Crippen LogP contribution in [0.5, 0.6) is 0 Å². The molecule has 0 spiro atoms. The molecule has 0 aromatic rings. The Labute approximate surface area is 97.2 Å². The molecule has 16 heavy (non-hydrogen) atoms. The number of carbonyl (C=O) groups is 1. The maximum atomic E-state index is 12.1. The summed E-state index contributed by atoms with van der Waals surface area (Å²) in [6.07, 6.45) is 3.51. The van der Waals surface area contributed by atoms with Crippen molar-refractivity contribution in [3.63, 3.8) is 0 Å². The smallest absolute Gasteiger partial charge is 0.310 e. The molecule has 0 amide bonds. The Morgan fingerprint density at radius 1 is 1.19 bits per heavy atom. The second-order valence-electron chi connectivity index (χ2n) is 6.28. The number of aliphatic hydroxyl groups excluding tert-OH is 1. The quantitative estimate of drug-likeness (QED) is 0.697. The van der Waals surface area contributed by atoms with Gasteiger partial charge in [-0.15, -0.1) is 0 Å². The Balaban J connectivity index is 2.03. The van der Waals surface area contributed by atoms with Gasteiger partial charge in [-0.25, -0.2) is 0 Å². The largest absolute Gasteiger partial charge is 0.460 e. The summed E-state index contributed by atoms with van der Waals surface area (Å²) in [5.74, 6) is 0.696. The van der Waals surface area contributed by atoms with Crippen molar-refractivity contribution in [2.75, 3.05) is 0 Å². The van der Waals surface area contributed by atoms with E-state index in [4.69, 9.17) is 4.74 Å². The van der Waals surface area contributed by atoms with Crippen LogP contribution in [0.15, 0.2) is 0 Å². The molecular weight excluding hydrogens is 204 g/mol. The van der Waals surface area contributed by atoms with E-state index in [0.29, 0.717) is 11.8 Å². The zero-order valence-corrected chi connectivity index (χ0v) is 10.4. The third kappa shape index (κ3) is 2.40. The molecule has 2 fully saturated rings. The highest BCUT2D eigenvalue weighted by Crippen LogP contribution is 2.47. The fraction of sp³-hybridized carbons (Fsp3) is 0.923. The lowest BCUT2D eigenvalue weighted by Gasteiger charge is -2.33. The standard InChI is InChI=1S/C13H22O3/c1-13(2,3)16-12(15)11-8-4-5-9(11)7-10(14)6-8/h8-11,14H,4-7H2,1-3H3. The summed E-state index contributed by atoms with van der Waals surface area (Å²) in [5.41, 5.74) is -0.396. The molecule has 92 valence electrons. The van der Waals surface area contributed by atoms with Crippen molar-refractivity contribution in [3.05, 3.63) is 0 Å². The lowest BCUT2D eigenvalue weighted by molar-refractivity contribution is -0.165. The molecule has 3 nitrogen and oxygen atoms in total. The highest BCUT2D eigenvalue weighted by atomic mass is 16.6. The van der Waals surface area contributed by atoms with Crippen LogP contribution in [0, 0.1) is 17.8 Å². The minimum Gasteiger partial charge on any atom is -0.460 e. The Bertz CT molecular complexity index is 265. The molecule has 2 atom stereocenters. The van der Waals surface area contributed by atoms with Crippen LogP contribution in [-0.4, -0.2) is 22.8 Å². The van der Waals surface area contributed by atoms with Crippen LogP contribution in [0.2, 0.25) is 0 Å². The van der Waals surface area contributed by atoms with E-state index in [2.05, 4.69) is 0 Å². The number of rotatable bonds is 1. The molecule has 2 bridgehead atoms. The van der Waals surface area contributed by atoms with Crippen molar-refractivity contribution >= 4 is 5.97 Å². The van der Waals surface area contributed by atoms with Crippen molar-refractivity contribution in [2.45, 2.75) is 58.2 Å². The molecule has 0 aliphatic heterocycles. The van der Waals surface area contributed by atoms with Crippen molar-refractivity contribution < 1.29 is 14.6 Å². The Morgan fingerprint density at radius 3 is 2.12 bits per heavy atom. The van der Waals surface area contributed by atoms with Crippen LogP contribution >= 0.6 is 0 Å². The minimum absolute atomic E-state index is 0.0441. The van der Waals surface area contributed by atoms with E-state index >= 15 is 0 Å². The average molecular weight is 226 g/mol. The minimum atomic E-state index is -0.396. The molecule has 0 heterocycles. The number of carbonyl (C=O) groups excluding carboxylic acids is 1. The zero-order chi connectivity index (χ0) is 11.9. The molecule has 0 aromatic carbocycles. The van der Waals surface area contributed by atoms with E-state index in [-0.39, 0.29) is 18.0 Å². The van der Waals surface area contributed by atoms with Crippen LogP contribution in [0.3, 0.4) is 0 Å². The van der Waals surface area contributed by atoms with E-state index in [1.165, 1.54) is 0 Å². The van der Waals surface area contributed by atoms with Crippen LogP contribution < -0.4 is 0 Å². The van der Waals surface area contributed by atoms with E-state index in [0.717, 1.165) is 25.7 Å². The van der Waals surface area contributed by atoms with Crippen molar-refractivity contribution in [2.24, 2.45) is 17.8 Å². The lowest BCUT2D eigenvalue weighted by atomic mass is 9.77. The molecule has 2 aliphatic rings. The Morgan fingerprint density at radius 2 is 1.69 bits per heavy atom. The first-order valence-electron chi connectivity index (χ1n) is 6.28. The average Bonchev–Trinajstić information content (AvgIpc) is 2.36. The van der Waals surface area contributed by atoms with Crippen LogP contribution in [0.4, 0.5) is 0 Å². The summed E-state index contributed by atoms with van der Waals surface area (Å²) >= 11 is 0. The van der Waals surface area contributed by atoms with Gasteiger partial charge in [0.1, 0.15) is 5.60 Å². The second kappa shape index (κ2) is 4.02. The Kier molecular flexibility index (Phi) is 2.99. The summed E-state index contributed by atoms with van der Waals surface area (Å²) in [4.78, 5) is 12.1. The van der Waals surface area contributed by atoms with Gasteiger partial charge in [-0.2, -0.15) is 0 Å². The summed E-state index contributed by atoms with van der Waals surface area (Å²) in [7, 11) is 0. The number of esters is 1. The molecule has 2 unspecified atom stereocenters. The summed E-state index contributed by atoms with van der Waals surface area (Å²) in [5, 5.41) is 9.67. The van der Waals surface area contributed by atoms with E-state index in [9.17, 15) is 9.90 Å². The van der Waals surface area contributed by atoms with Gasteiger partial charge in [-0.3, -0.25) is 4.79 Å². The monoisotopic (exact) mass is 226 g/mol. The van der Waals surface area contributed by atoms with E-state index < -0.39 is 5.60 Å². The third-order valence-corrected chi connectivity index (χ3v) is 3.75. The third-order valence-electron chi connectivity index (χ3n) is 3.75. The summed E-state index contributed by atoms with van der Waals surface area (Å²) < 4.78 is 5.47. The predicted octanol–water partition coefficient (Wildman–Crippen LogP) is 2.13. The van der Waals surface area contributed by atoms with Crippen molar-refractivity contribution in [3.8, 4) is 0 Å². The SMILES string of the molecule is CC(C)(C)OC(=O)C1C2CCC1CC(O)C2. The number of hydrogen-bond donors (Lipinski definition) is 1. The molecule has 3 heteroatoms. The molecule has 0 saturated heterocycles. The number of fused-ring (bicyclic) bond motifs is 2. The summed E-state index contributed by atoms with van der Waals surface area (Å²) in [6.45, 7) is 5.72. The number of ether oxygens (including phenoxy) is 1. The first kappa shape index (κ1) is 11.9. The van der Waals surface area contributed by atoms with Gasteiger partial charge in [-0.1, -0.05) is 0 Å². The molecule has 0 radical (unpaired) electrons. The second-order valence-corrected chi connectivity index (χ2v) is 6.28. The van der Waals surface area contributed by atoms with Gasteiger partial charge in [0.05, 0.1) is 12.0 Å². The maximum absolute atomic E-state index is 12.1. The first-order valence-corrected chi connectivity index (χ1v) is 6.28. The van der Waals surface area contributed by atoms with Gasteiger partial charge in [0.15, 0.2) is 0 Å². The fourth-order valence-electron chi connectivity index (χ4n) is 3.25. The highest BCUT2D eigenvalue weighted by molar-refractivity contribution is 5.74. The van der Waals surface area contributed by atoms with Crippen molar-refractivity contribution in [1.29, 1.82) is 0 Å². The van der Waals surface area contributed by atoms with Gasteiger partial charge in [0, 0.05) is 0 Å². The maximum Gasteiger partial charge on any atom is 0.310 e. The molecular formula is C13H22O3. The molecule has 2 saturated carbocycles. The number of hydrogen-bond acceptors (Lipinski definition) is 3. The van der Waals surface area contributed by atoms with Gasteiger partial charge >= 0.3 is 5.97 Å². The topological polar surface area (TPSA) is 46.5 Å². The van der Waals surface area contributed by atoms with Gasteiger partial charge < -0.3 is 9.84 Å². The molecule has 2 rings (SSSR count).